The van der Waals surface area contributed by atoms with Gasteiger partial charge in [-0.15, -0.1) is 0 Å². The summed E-state index contributed by atoms with van der Waals surface area (Å²) in [6, 6.07) is 0.367. The number of carbonyl (C=O) groups excluding carboxylic acids is 1. The molecule has 3 nitrogen and oxygen atoms in total. The zero-order valence-electron chi connectivity index (χ0n) is 6.55. The summed E-state index contributed by atoms with van der Waals surface area (Å²) >= 11 is 0. The second-order valence-corrected chi connectivity index (χ2v) is 2.66. The van der Waals surface area contributed by atoms with Gasteiger partial charge in [0.05, 0.1) is 6.54 Å². The monoisotopic (exact) mass is 142 g/mol. The standard InChI is InChI=1S/C7H14N2O/c1-3-9-6(2)4-8-5-7(9)10/h6,8H,3-5H2,1-2H3. The normalized spacial score (nSPS) is 27.2. The summed E-state index contributed by atoms with van der Waals surface area (Å²) in [4.78, 5) is 13.0. The quantitative estimate of drug-likeness (QED) is 0.551. The number of amides is 1. The van der Waals surface area contributed by atoms with Crippen LogP contribution in [0.15, 0.2) is 0 Å². The predicted molar refractivity (Wildman–Crippen MR) is 39.7 cm³/mol. The van der Waals surface area contributed by atoms with Crippen molar-refractivity contribution in [1.82, 2.24) is 10.2 Å². The van der Waals surface area contributed by atoms with E-state index in [1.165, 1.54) is 0 Å². The molecule has 1 rings (SSSR count). The molecular formula is C7H14N2O. The van der Waals surface area contributed by atoms with Gasteiger partial charge in [0.2, 0.25) is 5.91 Å². The summed E-state index contributed by atoms with van der Waals surface area (Å²) in [5, 5.41) is 3.06. The molecule has 1 N–H and O–H groups in total. The van der Waals surface area contributed by atoms with E-state index >= 15 is 0 Å². The molecule has 0 radical (unpaired) electrons. The van der Waals surface area contributed by atoms with Crippen molar-refractivity contribution < 1.29 is 4.79 Å². The first-order chi connectivity index (χ1) is 4.75. The van der Waals surface area contributed by atoms with Gasteiger partial charge in [0.1, 0.15) is 0 Å². The molecule has 1 saturated heterocycles. The molecule has 0 spiro atoms. The Kier molecular flexibility index (Phi) is 2.27. The Hall–Kier alpha value is -0.570. The molecule has 0 bridgehead atoms. The van der Waals surface area contributed by atoms with E-state index < -0.39 is 0 Å². The van der Waals surface area contributed by atoms with E-state index in [9.17, 15) is 4.79 Å². The highest BCUT2D eigenvalue weighted by atomic mass is 16.2. The molecule has 0 saturated carbocycles. The first kappa shape index (κ1) is 7.54. The molecule has 10 heavy (non-hydrogen) atoms. The van der Waals surface area contributed by atoms with Crippen LogP contribution in [0.1, 0.15) is 13.8 Å². The zero-order chi connectivity index (χ0) is 7.56. The van der Waals surface area contributed by atoms with Crippen LogP contribution >= 0.6 is 0 Å². The summed E-state index contributed by atoms with van der Waals surface area (Å²) in [6.45, 7) is 6.35. The van der Waals surface area contributed by atoms with Gasteiger partial charge in [0, 0.05) is 19.1 Å². The van der Waals surface area contributed by atoms with Gasteiger partial charge in [-0.05, 0) is 13.8 Å². The van der Waals surface area contributed by atoms with Crippen molar-refractivity contribution in [2.24, 2.45) is 0 Å². The molecule has 1 fully saturated rings. The maximum absolute atomic E-state index is 11.1. The van der Waals surface area contributed by atoms with Crippen molar-refractivity contribution in [3.63, 3.8) is 0 Å². The number of piperazine rings is 1. The van der Waals surface area contributed by atoms with Crippen LogP contribution in [0.5, 0.6) is 0 Å². The van der Waals surface area contributed by atoms with E-state index in [4.69, 9.17) is 0 Å². The molecule has 1 atom stereocenters. The Morgan fingerprint density at radius 3 is 2.90 bits per heavy atom. The summed E-state index contributed by atoms with van der Waals surface area (Å²) in [5.41, 5.74) is 0. The minimum Gasteiger partial charge on any atom is -0.338 e. The second kappa shape index (κ2) is 3.01. The third kappa shape index (κ3) is 1.29. The van der Waals surface area contributed by atoms with Crippen LogP contribution in [0.2, 0.25) is 0 Å². The lowest BCUT2D eigenvalue weighted by molar-refractivity contribution is -0.134. The van der Waals surface area contributed by atoms with Crippen LogP contribution in [-0.2, 0) is 4.79 Å². The maximum atomic E-state index is 11.1. The van der Waals surface area contributed by atoms with Crippen molar-refractivity contribution in [3.8, 4) is 0 Å². The van der Waals surface area contributed by atoms with E-state index in [-0.39, 0.29) is 5.91 Å². The van der Waals surface area contributed by atoms with Crippen molar-refractivity contribution in [2.75, 3.05) is 19.6 Å². The van der Waals surface area contributed by atoms with Gasteiger partial charge < -0.3 is 10.2 Å². The highest BCUT2D eigenvalue weighted by Crippen LogP contribution is 2.01. The van der Waals surface area contributed by atoms with Crippen LogP contribution in [0, 0.1) is 0 Å². The van der Waals surface area contributed by atoms with Crippen LogP contribution in [0.4, 0.5) is 0 Å². The number of hydrogen-bond acceptors (Lipinski definition) is 2. The lowest BCUT2D eigenvalue weighted by atomic mass is 10.2. The third-order valence-corrected chi connectivity index (χ3v) is 1.91. The fourth-order valence-corrected chi connectivity index (χ4v) is 1.33. The molecule has 1 amide bonds. The highest BCUT2D eigenvalue weighted by molar-refractivity contribution is 5.79. The average Bonchev–Trinajstić information content (AvgIpc) is 1.88. The van der Waals surface area contributed by atoms with Crippen LogP contribution in [-0.4, -0.2) is 36.5 Å². The van der Waals surface area contributed by atoms with E-state index in [1.54, 1.807) is 0 Å². The lowest BCUT2D eigenvalue weighted by Crippen LogP contribution is -2.53. The fraction of sp³-hybridized carbons (Fsp3) is 0.857. The van der Waals surface area contributed by atoms with Crippen molar-refractivity contribution in [1.29, 1.82) is 0 Å². The van der Waals surface area contributed by atoms with Crippen LogP contribution < -0.4 is 5.32 Å². The predicted octanol–water partition coefficient (Wildman–Crippen LogP) is -0.173. The van der Waals surface area contributed by atoms with Gasteiger partial charge >= 0.3 is 0 Å². The fourth-order valence-electron chi connectivity index (χ4n) is 1.33. The van der Waals surface area contributed by atoms with Crippen molar-refractivity contribution >= 4 is 5.91 Å². The largest absolute Gasteiger partial charge is 0.338 e. The smallest absolute Gasteiger partial charge is 0.236 e. The lowest BCUT2D eigenvalue weighted by Gasteiger charge is -2.32. The minimum atomic E-state index is 0.223. The average molecular weight is 142 g/mol. The molecule has 0 aliphatic carbocycles. The van der Waals surface area contributed by atoms with Crippen molar-refractivity contribution in [2.45, 2.75) is 19.9 Å². The number of nitrogens with one attached hydrogen (secondary N) is 1. The first-order valence-electron chi connectivity index (χ1n) is 3.76. The number of rotatable bonds is 1. The summed E-state index contributed by atoms with van der Waals surface area (Å²) in [7, 11) is 0. The van der Waals surface area contributed by atoms with Crippen LogP contribution in [0.25, 0.3) is 0 Å². The topological polar surface area (TPSA) is 32.3 Å². The maximum Gasteiger partial charge on any atom is 0.236 e. The van der Waals surface area contributed by atoms with Gasteiger partial charge in [-0.2, -0.15) is 0 Å². The van der Waals surface area contributed by atoms with E-state index in [0.29, 0.717) is 12.6 Å². The van der Waals surface area contributed by atoms with E-state index in [1.807, 2.05) is 11.8 Å². The Labute approximate surface area is 61.4 Å². The van der Waals surface area contributed by atoms with Crippen molar-refractivity contribution in [3.05, 3.63) is 0 Å². The third-order valence-electron chi connectivity index (χ3n) is 1.91. The summed E-state index contributed by atoms with van der Waals surface area (Å²) in [6.07, 6.45) is 0. The minimum absolute atomic E-state index is 0.223. The molecular weight excluding hydrogens is 128 g/mol. The molecule has 58 valence electrons. The highest BCUT2D eigenvalue weighted by Gasteiger charge is 2.21. The van der Waals surface area contributed by atoms with E-state index in [2.05, 4.69) is 12.2 Å². The SMILES string of the molecule is CCN1C(=O)CNCC1C. The van der Waals surface area contributed by atoms with Crippen LogP contribution in [0.3, 0.4) is 0 Å². The van der Waals surface area contributed by atoms with Gasteiger partial charge in [-0.25, -0.2) is 0 Å². The molecule has 3 heteroatoms. The van der Waals surface area contributed by atoms with Gasteiger partial charge in [-0.3, -0.25) is 4.79 Å². The van der Waals surface area contributed by atoms with E-state index in [0.717, 1.165) is 13.1 Å². The second-order valence-electron chi connectivity index (χ2n) is 2.66. The number of hydrogen-bond donors (Lipinski definition) is 1. The molecule has 1 aliphatic rings. The van der Waals surface area contributed by atoms with Gasteiger partial charge in [0.25, 0.3) is 0 Å². The number of nitrogens with zero attached hydrogens (tertiary/aromatic N) is 1. The molecule has 1 aliphatic heterocycles. The Bertz CT molecular complexity index is 136. The molecule has 0 aromatic rings. The number of carbonyl (C=O) groups is 1. The molecule has 1 heterocycles. The molecule has 0 aromatic carbocycles. The molecule has 0 aromatic heterocycles. The zero-order valence-corrected chi connectivity index (χ0v) is 6.55. The molecule has 1 unspecified atom stereocenters. The first-order valence-corrected chi connectivity index (χ1v) is 3.76. The van der Waals surface area contributed by atoms with Gasteiger partial charge in [-0.1, -0.05) is 0 Å². The summed E-state index contributed by atoms with van der Waals surface area (Å²) in [5.74, 6) is 0.223. The Morgan fingerprint density at radius 1 is 1.80 bits per heavy atom. The van der Waals surface area contributed by atoms with Gasteiger partial charge in [0.15, 0.2) is 0 Å². The Balaban J connectivity index is 2.53. The Morgan fingerprint density at radius 2 is 2.50 bits per heavy atom. The number of likely N-dealkylation sites (N-methyl/N-ethyl adjacent to an activating group) is 1. The summed E-state index contributed by atoms with van der Waals surface area (Å²) < 4.78 is 0.